The summed E-state index contributed by atoms with van der Waals surface area (Å²) in [6.07, 6.45) is 7.15. The van der Waals surface area contributed by atoms with E-state index in [4.69, 9.17) is 32.2 Å². The molecule has 0 N–H and O–H groups in total. The Morgan fingerprint density at radius 3 is 2.93 bits per heavy atom. The first-order valence-electron chi connectivity index (χ1n) is 8.53. The van der Waals surface area contributed by atoms with Crippen LogP contribution in [0, 0.1) is 12.3 Å². The molecule has 2 heterocycles. The number of thioether (sulfide) groups is 1. The molecule has 8 heteroatoms. The van der Waals surface area contributed by atoms with Crippen LogP contribution in [-0.2, 0) is 9.53 Å². The van der Waals surface area contributed by atoms with Crippen LogP contribution in [0.4, 0.5) is 0 Å². The quantitative estimate of drug-likeness (QED) is 0.511. The third-order valence-electron chi connectivity index (χ3n) is 4.18. The van der Waals surface area contributed by atoms with E-state index >= 15 is 0 Å². The maximum atomic E-state index is 12.7. The standard InChI is InChI=1S/C20H19ClN2O4S/c1-5-8-27-18-14(21)10-13(11-15(18)25-4)17-16(19(24)26-6-2)12(3)22-20-23(17)7-9-28-20/h1,7,9-11,17H,6,8H2,2-4H3/t17-/m0/s1. The van der Waals surface area contributed by atoms with Gasteiger partial charge in [-0.25, -0.2) is 9.79 Å². The Labute approximate surface area is 173 Å². The van der Waals surface area contributed by atoms with E-state index in [1.54, 1.807) is 26.0 Å². The molecular formula is C20H19ClN2O4S. The molecule has 0 amide bonds. The number of aliphatic imine (C=N–C) groups is 1. The number of halogens is 1. The highest BCUT2D eigenvalue weighted by molar-refractivity contribution is 8.16. The molecule has 146 valence electrons. The van der Waals surface area contributed by atoms with Gasteiger partial charge in [0.1, 0.15) is 6.61 Å². The van der Waals surface area contributed by atoms with Crippen LogP contribution < -0.4 is 9.47 Å². The molecule has 1 aromatic rings. The monoisotopic (exact) mass is 418 g/mol. The lowest BCUT2D eigenvalue weighted by atomic mass is 9.94. The number of allylic oxidation sites excluding steroid dienone is 1. The summed E-state index contributed by atoms with van der Waals surface area (Å²) in [5.41, 5.74) is 1.80. The first-order chi connectivity index (χ1) is 13.5. The number of fused-ring (bicyclic) bond motifs is 1. The number of terminal acetylenes is 1. The Balaban J connectivity index is 2.12. The second-order valence-corrected chi connectivity index (χ2v) is 7.13. The van der Waals surface area contributed by atoms with Gasteiger partial charge in [-0.1, -0.05) is 29.3 Å². The number of carbonyl (C=O) groups excluding carboxylic acids is 1. The van der Waals surface area contributed by atoms with Crippen molar-refractivity contribution in [2.75, 3.05) is 20.3 Å². The van der Waals surface area contributed by atoms with Gasteiger partial charge in [0.2, 0.25) is 0 Å². The zero-order chi connectivity index (χ0) is 20.3. The molecule has 0 spiro atoms. The predicted octanol–water partition coefficient (Wildman–Crippen LogP) is 4.13. The third kappa shape index (κ3) is 3.71. The van der Waals surface area contributed by atoms with Gasteiger partial charge in [-0.2, -0.15) is 0 Å². The second kappa shape index (κ2) is 8.63. The van der Waals surface area contributed by atoms with Crippen LogP contribution in [0.15, 0.2) is 40.0 Å². The molecule has 2 aliphatic rings. The molecule has 0 aliphatic carbocycles. The molecule has 6 nitrogen and oxygen atoms in total. The van der Waals surface area contributed by atoms with Crippen molar-refractivity contribution in [2.45, 2.75) is 19.9 Å². The largest absolute Gasteiger partial charge is 0.493 e. The summed E-state index contributed by atoms with van der Waals surface area (Å²) in [5.74, 6) is 2.78. The average molecular weight is 419 g/mol. The molecule has 2 aliphatic heterocycles. The van der Waals surface area contributed by atoms with Crippen molar-refractivity contribution in [3.05, 3.63) is 45.6 Å². The number of nitrogens with zero attached hydrogens (tertiary/aromatic N) is 2. The molecular weight excluding hydrogens is 400 g/mol. The zero-order valence-electron chi connectivity index (χ0n) is 15.7. The molecule has 0 radical (unpaired) electrons. The molecule has 0 fully saturated rings. The van der Waals surface area contributed by atoms with Crippen molar-refractivity contribution in [2.24, 2.45) is 4.99 Å². The Hall–Kier alpha value is -2.56. The molecule has 0 bridgehead atoms. The molecule has 0 aromatic heterocycles. The van der Waals surface area contributed by atoms with Gasteiger partial charge >= 0.3 is 5.97 Å². The van der Waals surface area contributed by atoms with E-state index < -0.39 is 12.0 Å². The average Bonchev–Trinajstić information content (AvgIpc) is 3.13. The molecule has 0 saturated carbocycles. The van der Waals surface area contributed by atoms with Crippen LogP contribution >= 0.6 is 23.4 Å². The van der Waals surface area contributed by atoms with Crippen molar-refractivity contribution < 1.29 is 19.0 Å². The molecule has 0 saturated heterocycles. The van der Waals surface area contributed by atoms with Crippen molar-refractivity contribution in [1.29, 1.82) is 0 Å². The number of hydrogen-bond acceptors (Lipinski definition) is 7. The lowest BCUT2D eigenvalue weighted by Gasteiger charge is -2.33. The van der Waals surface area contributed by atoms with E-state index in [-0.39, 0.29) is 13.2 Å². The minimum Gasteiger partial charge on any atom is -0.493 e. The van der Waals surface area contributed by atoms with E-state index in [0.717, 1.165) is 10.7 Å². The van der Waals surface area contributed by atoms with Crippen molar-refractivity contribution in [3.63, 3.8) is 0 Å². The summed E-state index contributed by atoms with van der Waals surface area (Å²) in [6.45, 7) is 3.90. The van der Waals surface area contributed by atoms with Gasteiger partial charge in [-0.3, -0.25) is 0 Å². The normalized spacial score (nSPS) is 17.8. The van der Waals surface area contributed by atoms with E-state index in [0.29, 0.717) is 27.8 Å². The molecule has 1 atom stereocenters. The highest BCUT2D eigenvalue weighted by Gasteiger charge is 2.38. The van der Waals surface area contributed by atoms with Gasteiger partial charge < -0.3 is 19.1 Å². The van der Waals surface area contributed by atoms with Crippen molar-refractivity contribution >= 4 is 34.5 Å². The van der Waals surface area contributed by atoms with Crippen LogP contribution in [0.25, 0.3) is 0 Å². The van der Waals surface area contributed by atoms with E-state index in [1.807, 2.05) is 16.5 Å². The van der Waals surface area contributed by atoms with Crippen LogP contribution in [-0.4, -0.2) is 36.4 Å². The Morgan fingerprint density at radius 1 is 1.46 bits per heavy atom. The van der Waals surface area contributed by atoms with Gasteiger partial charge in [-0.05, 0) is 37.0 Å². The number of carbonyl (C=O) groups is 1. The minimum absolute atomic E-state index is 0.0637. The molecule has 1 aromatic carbocycles. The van der Waals surface area contributed by atoms with Crippen molar-refractivity contribution in [1.82, 2.24) is 4.90 Å². The molecule has 28 heavy (non-hydrogen) atoms. The van der Waals surface area contributed by atoms with E-state index in [1.165, 1.54) is 18.9 Å². The van der Waals surface area contributed by atoms with E-state index in [2.05, 4.69) is 10.9 Å². The number of benzene rings is 1. The SMILES string of the molecule is C#CCOc1c(Cl)cc([C@H]2C(C(=O)OCC)=C(C)N=C3SC=CN32)cc1OC. The highest BCUT2D eigenvalue weighted by Crippen LogP contribution is 2.45. The summed E-state index contributed by atoms with van der Waals surface area (Å²) in [4.78, 5) is 19.2. The fourth-order valence-corrected chi connectivity index (χ4v) is 4.11. The van der Waals surface area contributed by atoms with E-state index in [9.17, 15) is 4.79 Å². The van der Waals surface area contributed by atoms with Crippen LogP contribution in [0.1, 0.15) is 25.5 Å². The number of amidine groups is 1. The fraction of sp³-hybridized carbons (Fsp3) is 0.300. The smallest absolute Gasteiger partial charge is 0.338 e. The first kappa shape index (κ1) is 20.2. The predicted molar refractivity (Wildman–Crippen MR) is 110 cm³/mol. The second-order valence-electron chi connectivity index (χ2n) is 5.85. The molecule has 3 rings (SSSR count). The first-order valence-corrected chi connectivity index (χ1v) is 9.79. The van der Waals surface area contributed by atoms with Crippen molar-refractivity contribution in [3.8, 4) is 23.8 Å². The van der Waals surface area contributed by atoms with Gasteiger partial charge in [0.05, 0.1) is 36.1 Å². The summed E-state index contributed by atoms with van der Waals surface area (Å²) in [6, 6.07) is 3.08. The maximum absolute atomic E-state index is 12.7. The summed E-state index contributed by atoms with van der Waals surface area (Å²) >= 11 is 7.94. The van der Waals surface area contributed by atoms with Crippen LogP contribution in [0.5, 0.6) is 11.5 Å². The Bertz CT molecular complexity index is 933. The Morgan fingerprint density at radius 2 is 2.25 bits per heavy atom. The van der Waals surface area contributed by atoms with Crippen LogP contribution in [0.3, 0.4) is 0 Å². The number of methoxy groups -OCH3 is 1. The number of hydrogen-bond donors (Lipinski definition) is 0. The zero-order valence-corrected chi connectivity index (χ0v) is 17.3. The van der Waals surface area contributed by atoms with Crippen LogP contribution in [0.2, 0.25) is 5.02 Å². The lowest BCUT2D eigenvalue weighted by molar-refractivity contribution is -0.139. The maximum Gasteiger partial charge on any atom is 0.338 e. The van der Waals surface area contributed by atoms with Gasteiger partial charge in [-0.15, -0.1) is 6.42 Å². The third-order valence-corrected chi connectivity index (χ3v) is 5.23. The molecule has 0 unspecified atom stereocenters. The number of esters is 1. The van der Waals surface area contributed by atoms with Gasteiger partial charge in [0, 0.05) is 6.20 Å². The highest BCUT2D eigenvalue weighted by atomic mass is 35.5. The minimum atomic E-state index is -0.453. The summed E-state index contributed by atoms with van der Waals surface area (Å²) in [7, 11) is 1.52. The van der Waals surface area contributed by atoms with Gasteiger partial charge in [0.25, 0.3) is 0 Å². The number of ether oxygens (including phenoxy) is 3. The summed E-state index contributed by atoms with van der Waals surface area (Å²) < 4.78 is 16.3. The Kier molecular flexibility index (Phi) is 6.22. The van der Waals surface area contributed by atoms with Gasteiger partial charge in [0.15, 0.2) is 16.7 Å². The topological polar surface area (TPSA) is 60.4 Å². The lowest BCUT2D eigenvalue weighted by Crippen LogP contribution is -2.34. The number of rotatable bonds is 6. The fourth-order valence-electron chi connectivity index (χ4n) is 3.05. The summed E-state index contributed by atoms with van der Waals surface area (Å²) in [5, 5.41) is 3.03.